The molecule has 3 aliphatic heterocycles. The lowest BCUT2D eigenvalue weighted by Crippen LogP contribution is -2.55. The summed E-state index contributed by atoms with van der Waals surface area (Å²) in [5.41, 5.74) is -0.834. The first kappa shape index (κ1) is 50.5. The average Bonchev–Trinajstić information content (AvgIpc) is 4.05. The number of alkyl halides is 3. The number of thiazole rings is 1. The Hall–Kier alpha value is -4.92. The van der Waals surface area contributed by atoms with Gasteiger partial charge < -0.3 is 28.6 Å². The molecule has 20 heteroatoms. The lowest BCUT2D eigenvalue weighted by molar-refractivity contribution is -0.295. The van der Waals surface area contributed by atoms with Crippen molar-refractivity contribution in [1.82, 2.24) is 19.6 Å². The Labute approximate surface area is 403 Å². The summed E-state index contributed by atoms with van der Waals surface area (Å²) >= 11 is 1.37. The van der Waals surface area contributed by atoms with E-state index in [1.54, 1.807) is 37.7 Å². The number of Topliss-reactive ketones (excluding diaryl/α,β-unsaturated/α-hetero) is 1. The number of sulfonamides is 1. The minimum Gasteiger partial charge on any atom is -0.491 e. The molecule has 0 radical (unpaired) electrons. The molecule has 4 fully saturated rings. The molecule has 1 N–H and O–H groups in total. The molecule has 2 saturated heterocycles. The molecule has 7 atom stereocenters. The lowest BCUT2D eigenvalue weighted by atomic mass is 9.90. The maximum atomic E-state index is 15.2. The maximum absolute atomic E-state index is 15.2. The SMILES string of the molecule is CC[C@@H]1OCCC/C=C\[C@@H]2C[C@@]2(C(=O)NS(=O)(=O)C2(C)CC2)CC(=O)[C@@H]2C[C@@H](Oc3cc(-c4ccc(OC(C)C)cc4)nc(-c4cncs4)c3)CN2C(=O)[C@H]1CC(=O)OC1(C(F)(F)F)CCCOC1. The van der Waals surface area contributed by atoms with Gasteiger partial charge in [-0.2, -0.15) is 13.2 Å². The molecule has 69 heavy (non-hydrogen) atoms. The summed E-state index contributed by atoms with van der Waals surface area (Å²) in [7, 11) is -4.08. The third kappa shape index (κ3) is 11.0. The Kier molecular flexibility index (Phi) is 14.7. The van der Waals surface area contributed by atoms with E-state index < -0.39 is 111 Å². The monoisotopic (exact) mass is 1000 g/mol. The number of pyridine rings is 1. The van der Waals surface area contributed by atoms with E-state index >= 15 is 4.79 Å². The smallest absolute Gasteiger partial charge is 0.430 e. The number of fused-ring (bicyclic) bond motifs is 2. The molecule has 15 nitrogen and oxygen atoms in total. The Morgan fingerprint density at radius 2 is 1.80 bits per heavy atom. The Morgan fingerprint density at radius 3 is 2.45 bits per heavy atom. The molecule has 0 spiro atoms. The molecule has 2 aromatic heterocycles. The number of hydrogen-bond acceptors (Lipinski definition) is 14. The van der Waals surface area contributed by atoms with Crippen molar-refractivity contribution in [3.05, 3.63) is 60.3 Å². The molecule has 2 aliphatic carbocycles. The normalized spacial score (nSPS) is 28.9. The van der Waals surface area contributed by atoms with E-state index in [1.165, 1.54) is 16.2 Å². The first-order valence-electron chi connectivity index (χ1n) is 23.6. The number of carbonyl (C=O) groups excluding carboxylic acids is 4. The van der Waals surface area contributed by atoms with Crippen LogP contribution in [0, 0.1) is 17.3 Å². The molecule has 3 aromatic rings. The van der Waals surface area contributed by atoms with E-state index in [1.807, 2.05) is 50.3 Å². The van der Waals surface area contributed by atoms with Crippen molar-refractivity contribution in [3.8, 4) is 33.3 Å². The van der Waals surface area contributed by atoms with Crippen LogP contribution in [0.15, 0.2) is 60.3 Å². The number of nitrogens with zero attached hydrogens (tertiary/aromatic N) is 3. The van der Waals surface area contributed by atoms with Crippen molar-refractivity contribution in [2.45, 2.75) is 139 Å². The number of esters is 1. The zero-order valence-electron chi connectivity index (χ0n) is 39.1. The summed E-state index contributed by atoms with van der Waals surface area (Å²) in [5.74, 6) is -4.20. The number of halogens is 3. The van der Waals surface area contributed by atoms with Crippen LogP contribution in [0.3, 0.4) is 0 Å². The number of hydrogen-bond donors (Lipinski definition) is 1. The van der Waals surface area contributed by atoms with Crippen LogP contribution < -0.4 is 14.2 Å². The number of aromatic nitrogens is 2. The number of nitrogens with one attached hydrogen (secondary N) is 1. The number of ketones is 1. The lowest BCUT2D eigenvalue weighted by Gasteiger charge is -2.38. The summed E-state index contributed by atoms with van der Waals surface area (Å²) in [4.78, 5) is 69.3. The summed E-state index contributed by atoms with van der Waals surface area (Å²) in [5, 5.41) is 0. The van der Waals surface area contributed by atoms with E-state index in [0.717, 1.165) is 10.4 Å². The van der Waals surface area contributed by atoms with Crippen LogP contribution in [0.1, 0.15) is 98.3 Å². The Balaban J connectivity index is 1.14. The van der Waals surface area contributed by atoms with Gasteiger partial charge in [0.25, 0.3) is 0 Å². The molecule has 0 bridgehead atoms. The molecule has 1 unspecified atom stereocenters. The van der Waals surface area contributed by atoms with Gasteiger partial charge in [-0.3, -0.25) is 28.9 Å². The van der Waals surface area contributed by atoms with Crippen LogP contribution in [-0.4, -0.2) is 114 Å². The van der Waals surface area contributed by atoms with Gasteiger partial charge in [-0.1, -0.05) is 19.1 Å². The Morgan fingerprint density at radius 1 is 1.04 bits per heavy atom. The molecular weight excluding hydrogens is 942 g/mol. The summed E-state index contributed by atoms with van der Waals surface area (Å²) < 4.78 is 101. The topological polar surface area (TPSA) is 190 Å². The minimum atomic E-state index is -4.96. The third-order valence-corrected chi connectivity index (χ3v) is 16.9. The number of allylic oxidation sites excluding steroid dienone is 2. The fourth-order valence-corrected chi connectivity index (χ4v) is 11.4. The van der Waals surface area contributed by atoms with Gasteiger partial charge in [-0.15, -0.1) is 11.3 Å². The number of carbonyl (C=O) groups is 4. The number of amides is 2. The highest BCUT2D eigenvalue weighted by atomic mass is 32.2. The summed E-state index contributed by atoms with van der Waals surface area (Å²) in [6.07, 6.45) is -1.25. The molecule has 1 aromatic carbocycles. The zero-order chi connectivity index (χ0) is 49.4. The zero-order valence-corrected chi connectivity index (χ0v) is 40.8. The van der Waals surface area contributed by atoms with Gasteiger partial charge in [-0.05, 0) is 95.9 Å². The van der Waals surface area contributed by atoms with E-state index in [0.29, 0.717) is 48.6 Å². The van der Waals surface area contributed by atoms with Gasteiger partial charge in [0, 0.05) is 56.4 Å². The molecular formula is C49H59F3N4O11S2. The second kappa shape index (κ2) is 20.1. The number of benzene rings is 1. The second-order valence-electron chi connectivity index (χ2n) is 19.4. The van der Waals surface area contributed by atoms with E-state index in [9.17, 15) is 36.0 Å². The van der Waals surface area contributed by atoms with Crippen molar-refractivity contribution in [2.75, 3.05) is 26.4 Å². The first-order chi connectivity index (χ1) is 32.7. The van der Waals surface area contributed by atoms with Gasteiger partial charge in [0.1, 0.15) is 17.6 Å². The highest BCUT2D eigenvalue weighted by Crippen LogP contribution is 2.58. The van der Waals surface area contributed by atoms with Gasteiger partial charge in [0.05, 0.1) is 75.7 Å². The quantitative estimate of drug-likeness (QED) is 0.129. The van der Waals surface area contributed by atoms with Gasteiger partial charge in [-0.25, -0.2) is 13.4 Å². The first-order valence-corrected chi connectivity index (χ1v) is 26.0. The van der Waals surface area contributed by atoms with Crippen molar-refractivity contribution < 1.29 is 64.5 Å². The van der Waals surface area contributed by atoms with Gasteiger partial charge >= 0.3 is 12.1 Å². The van der Waals surface area contributed by atoms with Crippen LogP contribution >= 0.6 is 11.3 Å². The standard InChI is InChI=1S/C49H59F3N4O11S2/c1-5-41-36(23-43(58)67-48(49(50,51)52)15-9-18-63-28-48)44(59)56-27-35(66-34-20-37(54-38(21-34)42-26-53-29-68-42)31-11-13-33(14-12-31)65-30(2)3)22-39(56)40(57)25-47(24-32(47)10-7-6-8-19-64-41)45(60)55-69(61,62)46(4)16-17-46/h7,10-14,20-21,26,29-30,32,35-36,39,41H,5-6,8-9,15-19,22-25,27-28H2,1-4H3,(H,55,60)/b10-7-/t32-,35-,36+,39+,41+,47-,48?/m1/s1. The van der Waals surface area contributed by atoms with Crippen LogP contribution in [0.4, 0.5) is 13.2 Å². The van der Waals surface area contributed by atoms with Crippen molar-refractivity contribution in [1.29, 1.82) is 0 Å². The molecule has 8 rings (SSSR count). The fraction of sp³-hybridized carbons (Fsp3) is 0.592. The molecule has 374 valence electrons. The van der Waals surface area contributed by atoms with Crippen molar-refractivity contribution in [3.63, 3.8) is 0 Å². The predicted octanol–water partition coefficient (Wildman–Crippen LogP) is 7.78. The largest absolute Gasteiger partial charge is 0.491 e. The fourth-order valence-electron chi connectivity index (χ4n) is 9.52. The van der Waals surface area contributed by atoms with Crippen LogP contribution in [-0.2, 0) is 43.4 Å². The average molecular weight is 1000 g/mol. The van der Waals surface area contributed by atoms with Crippen molar-refractivity contribution >= 4 is 44.9 Å². The van der Waals surface area contributed by atoms with Crippen LogP contribution in [0.25, 0.3) is 21.8 Å². The van der Waals surface area contributed by atoms with E-state index in [4.69, 9.17) is 28.7 Å². The number of ether oxygens (including phenoxy) is 5. The third-order valence-electron chi connectivity index (χ3n) is 13.9. The van der Waals surface area contributed by atoms with E-state index in [2.05, 4.69) is 9.71 Å². The van der Waals surface area contributed by atoms with E-state index in [-0.39, 0.29) is 51.5 Å². The molecule has 5 aliphatic rings. The highest BCUT2D eigenvalue weighted by molar-refractivity contribution is 7.91. The number of rotatable bonds is 13. The van der Waals surface area contributed by atoms with Gasteiger partial charge in [0.2, 0.25) is 27.4 Å². The van der Waals surface area contributed by atoms with Crippen molar-refractivity contribution in [2.24, 2.45) is 17.3 Å². The second-order valence-corrected chi connectivity index (χ2v) is 22.5. The van der Waals surface area contributed by atoms with Gasteiger partial charge in [0.15, 0.2) is 5.78 Å². The summed E-state index contributed by atoms with van der Waals surface area (Å²) in [6.45, 7) is 6.24. The minimum absolute atomic E-state index is 0.000910. The Bertz CT molecular complexity index is 2510. The highest BCUT2D eigenvalue weighted by Gasteiger charge is 2.63. The van der Waals surface area contributed by atoms with Crippen LogP contribution in [0.2, 0.25) is 0 Å². The predicted molar refractivity (Wildman–Crippen MR) is 247 cm³/mol. The maximum Gasteiger partial charge on any atom is 0.430 e. The summed E-state index contributed by atoms with van der Waals surface area (Å²) in [6, 6.07) is 9.59. The molecule has 2 amide bonds. The van der Waals surface area contributed by atoms with Crippen LogP contribution in [0.5, 0.6) is 11.5 Å². The molecule has 2 saturated carbocycles. The molecule has 5 heterocycles.